The Morgan fingerprint density at radius 3 is 2.33 bits per heavy atom. The number of hydrogen-bond donors (Lipinski definition) is 0. The number of hydroxylamine groups is 1. The molecule has 0 fully saturated rings. The molecule has 1 aliphatic heterocycles. The fourth-order valence-electron chi connectivity index (χ4n) is 1.68. The van der Waals surface area contributed by atoms with Crippen LogP contribution in [0.1, 0.15) is 33.6 Å². The molecule has 6 heteroatoms. The summed E-state index contributed by atoms with van der Waals surface area (Å²) in [5.41, 5.74) is 0. The Kier molecular flexibility index (Phi) is 3.93. The second kappa shape index (κ2) is 4.64. The van der Waals surface area contributed by atoms with Crippen LogP contribution in [0.3, 0.4) is 0 Å². The average Bonchev–Trinajstić information content (AvgIpc) is 2.49. The zero-order chi connectivity index (χ0) is 11.5. The van der Waals surface area contributed by atoms with E-state index in [2.05, 4.69) is 0 Å². The number of nitrogens with zero attached hydrogens (tertiary/aromatic N) is 1. The summed E-state index contributed by atoms with van der Waals surface area (Å²) in [7, 11) is -3.35. The molecule has 1 rings (SSSR count). The Labute approximate surface area is 90.2 Å². The maximum Gasteiger partial charge on any atom is 0.401 e. The zero-order valence-corrected chi connectivity index (χ0v) is 10.3. The quantitative estimate of drug-likeness (QED) is 0.417. The van der Waals surface area contributed by atoms with Crippen molar-refractivity contribution in [3.63, 3.8) is 0 Å². The van der Waals surface area contributed by atoms with Crippen LogP contribution in [0.5, 0.6) is 0 Å². The highest BCUT2D eigenvalue weighted by atomic mass is 31.2. The second-order valence-electron chi connectivity index (χ2n) is 3.60. The van der Waals surface area contributed by atoms with Gasteiger partial charge < -0.3 is 14.3 Å². The van der Waals surface area contributed by atoms with Crippen LogP contribution in [-0.2, 0) is 13.6 Å². The lowest BCUT2D eigenvalue weighted by molar-refractivity contribution is -0.506. The smallest absolute Gasteiger partial charge is 0.401 e. The topological polar surface area (TPSA) is 61.6 Å². The second-order valence-corrected chi connectivity index (χ2v) is 6.07. The summed E-state index contributed by atoms with van der Waals surface area (Å²) in [6.07, 6.45) is 2.61. The van der Waals surface area contributed by atoms with Crippen molar-refractivity contribution in [3.8, 4) is 0 Å². The molecule has 15 heavy (non-hydrogen) atoms. The molecule has 0 aromatic rings. The molecule has 1 unspecified atom stereocenters. The molecule has 0 spiro atoms. The van der Waals surface area contributed by atoms with Gasteiger partial charge >= 0.3 is 7.60 Å². The summed E-state index contributed by atoms with van der Waals surface area (Å²) in [4.78, 5) is 0. The van der Waals surface area contributed by atoms with Crippen LogP contribution in [0.25, 0.3) is 0 Å². The lowest BCUT2D eigenvalue weighted by Crippen LogP contribution is -2.33. The minimum atomic E-state index is -3.35. The van der Waals surface area contributed by atoms with E-state index in [4.69, 9.17) is 9.05 Å². The van der Waals surface area contributed by atoms with Gasteiger partial charge in [-0.1, -0.05) is 0 Å². The Bertz CT molecular complexity index is 294. The summed E-state index contributed by atoms with van der Waals surface area (Å²) in [5.74, 6) is 0. The van der Waals surface area contributed by atoms with Crippen LogP contribution in [-0.4, -0.2) is 29.4 Å². The van der Waals surface area contributed by atoms with E-state index in [0.29, 0.717) is 12.8 Å². The molecular formula is C9H18NO4P. The van der Waals surface area contributed by atoms with Crippen LogP contribution >= 0.6 is 7.60 Å². The molecule has 1 atom stereocenters. The summed E-state index contributed by atoms with van der Waals surface area (Å²) >= 11 is 0. The summed E-state index contributed by atoms with van der Waals surface area (Å²) < 4.78 is 23.6. The molecule has 5 nitrogen and oxygen atoms in total. The first-order valence-electron chi connectivity index (χ1n) is 5.19. The van der Waals surface area contributed by atoms with E-state index in [-0.39, 0.29) is 13.2 Å². The van der Waals surface area contributed by atoms with Crippen molar-refractivity contribution >= 4 is 13.8 Å². The third kappa shape index (κ3) is 2.10. The van der Waals surface area contributed by atoms with Gasteiger partial charge in [-0.15, -0.1) is 0 Å². The molecule has 0 saturated carbocycles. The van der Waals surface area contributed by atoms with Gasteiger partial charge in [0.1, 0.15) is 0 Å². The molecule has 1 aliphatic rings. The van der Waals surface area contributed by atoms with Crippen LogP contribution < -0.4 is 0 Å². The van der Waals surface area contributed by atoms with Crippen LogP contribution in [0.4, 0.5) is 0 Å². The van der Waals surface area contributed by atoms with Gasteiger partial charge in [-0.25, -0.2) is 0 Å². The molecular weight excluding hydrogens is 217 g/mol. The first-order chi connectivity index (χ1) is 7.00. The number of rotatable bonds is 5. The van der Waals surface area contributed by atoms with E-state index in [1.165, 1.54) is 6.21 Å². The van der Waals surface area contributed by atoms with Crippen molar-refractivity contribution in [3.05, 3.63) is 5.21 Å². The third-order valence-electron chi connectivity index (χ3n) is 2.58. The predicted molar refractivity (Wildman–Crippen MR) is 58.2 cm³/mol. The highest BCUT2D eigenvalue weighted by molar-refractivity contribution is 7.55. The standard InChI is InChI=1S/C9H18NO4P/c1-4-13-15(12,14-5-2)9(3)7-6-8-10(9)11/h8H,4-7H2,1-3H3. The van der Waals surface area contributed by atoms with E-state index in [1.807, 2.05) is 0 Å². The van der Waals surface area contributed by atoms with Crippen LogP contribution in [0.15, 0.2) is 0 Å². The van der Waals surface area contributed by atoms with Gasteiger partial charge in [0, 0.05) is 19.8 Å². The van der Waals surface area contributed by atoms with Crippen molar-refractivity contribution in [2.45, 2.75) is 38.9 Å². The van der Waals surface area contributed by atoms with Gasteiger partial charge in [-0.2, -0.15) is 4.74 Å². The summed E-state index contributed by atoms with van der Waals surface area (Å²) in [6, 6.07) is 0. The largest absolute Gasteiger partial charge is 0.623 e. The predicted octanol–water partition coefficient (Wildman–Crippen LogP) is 2.34. The molecule has 0 radical (unpaired) electrons. The van der Waals surface area contributed by atoms with Gasteiger partial charge in [0.2, 0.25) is 0 Å². The lowest BCUT2D eigenvalue weighted by atomic mass is 10.2. The van der Waals surface area contributed by atoms with E-state index < -0.39 is 12.9 Å². The van der Waals surface area contributed by atoms with Crippen molar-refractivity contribution < 1.29 is 18.4 Å². The normalized spacial score (nSPS) is 26.7. The Morgan fingerprint density at radius 1 is 1.47 bits per heavy atom. The first-order valence-corrected chi connectivity index (χ1v) is 6.73. The monoisotopic (exact) mass is 235 g/mol. The minimum Gasteiger partial charge on any atom is -0.623 e. The highest BCUT2D eigenvalue weighted by Crippen LogP contribution is 2.62. The van der Waals surface area contributed by atoms with Crippen LogP contribution in [0, 0.1) is 5.21 Å². The summed E-state index contributed by atoms with van der Waals surface area (Å²) in [5, 5.41) is 10.6. The molecule has 0 N–H and O–H groups in total. The van der Waals surface area contributed by atoms with Crippen molar-refractivity contribution in [2.24, 2.45) is 0 Å². The van der Waals surface area contributed by atoms with Gasteiger partial charge in [-0.3, -0.25) is 4.57 Å². The molecule has 0 aromatic heterocycles. The summed E-state index contributed by atoms with van der Waals surface area (Å²) in [6.45, 7) is 5.67. The Hall–Kier alpha value is -0.380. The molecule has 88 valence electrons. The lowest BCUT2D eigenvalue weighted by Gasteiger charge is -2.30. The van der Waals surface area contributed by atoms with Gasteiger partial charge in [-0.05, 0) is 13.8 Å². The number of hydrogen-bond acceptors (Lipinski definition) is 4. The van der Waals surface area contributed by atoms with Crippen LogP contribution in [0.2, 0.25) is 0 Å². The SMILES string of the molecule is CCOP(=O)(OCC)C1(C)CCC=[N+]1[O-]. The average molecular weight is 235 g/mol. The highest BCUT2D eigenvalue weighted by Gasteiger charge is 2.56. The zero-order valence-electron chi connectivity index (χ0n) is 9.43. The van der Waals surface area contributed by atoms with E-state index in [1.54, 1.807) is 20.8 Å². The first kappa shape index (κ1) is 12.7. The molecule has 0 aromatic carbocycles. The van der Waals surface area contributed by atoms with Gasteiger partial charge in [0.15, 0.2) is 6.21 Å². The molecule has 0 aliphatic carbocycles. The molecule has 1 heterocycles. The van der Waals surface area contributed by atoms with Crippen molar-refractivity contribution in [1.29, 1.82) is 0 Å². The molecule has 0 bridgehead atoms. The van der Waals surface area contributed by atoms with Crippen molar-refractivity contribution in [1.82, 2.24) is 0 Å². The maximum atomic E-state index is 12.4. The van der Waals surface area contributed by atoms with E-state index in [9.17, 15) is 9.77 Å². The Morgan fingerprint density at radius 2 is 2.00 bits per heavy atom. The third-order valence-corrected chi connectivity index (χ3v) is 5.37. The minimum absolute atomic E-state index is 0.278. The van der Waals surface area contributed by atoms with Crippen molar-refractivity contribution in [2.75, 3.05) is 13.2 Å². The molecule has 0 amide bonds. The van der Waals surface area contributed by atoms with E-state index in [0.717, 1.165) is 4.74 Å². The maximum absolute atomic E-state index is 12.4. The fourth-order valence-corrected chi connectivity index (χ4v) is 3.71. The van der Waals surface area contributed by atoms with E-state index >= 15 is 0 Å². The Balaban J connectivity index is 2.98. The fraction of sp³-hybridized carbons (Fsp3) is 0.889. The van der Waals surface area contributed by atoms with Gasteiger partial charge in [0.25, 0.3) is 5.28 Å². The van der Waals surface area contributed by atoms with Gasteiger partial charge in [0.05, 0.1) is 13.2 Å². The molecule has 0 saturated heterocycles.